The van der Waals surface area contributed by atoms with Crippen molar-refractivity contribution in [3.05, 3.63) is 0 Å². The number of hydrogen-bond acceptors (Lipinski definition) is 5. The van der Waals surface area contributed by atoms with Gasteiger partial charge in [0.05, 0.1) is 25.5 Å². The molecule has 15 heavy (non-hydrogen) atoms. The Morgan fingerprint density at radius 2 is 2.00 bits per heavy atom. The van der Waals surface area contributed by atoms with E-state index < -0.39 is 15.9 Å². The zero-order valence-electron chi connectivity index (χ0n) is 8.73. The van der Waals surface area contributed by atoms with Gasteiger partial charge in [0.1, 0.15) is 0 Å². The highest BCUT2D eigenvalue weighted by Gasteiger charge is 2.17. The maximum absolute atomic E-state index is 11.3. The first-order chi connectivity index (χ1) is 7.03. The maximum atomic E-state index is 11.3. The SMILES string of the molecule is CCS(=O)(=O)NC(=O)CN1CCOCC1. The summed E-state index contributed by atoms with van der Waals surface area (Å²) in [7, 11) is -3.43. The second-order valence-corrected chi connectivity index (χ2v) is 5.33. The Morgan fingerprint density at radius 1 is 1.40 bits per heavy atom. The largest absolute Gasteiger partial charge is 0.379 e. The van der Waals surface area contributed by atoms with Crippen molar-refractivity contribution in [3.63, 3.8) is 0 Å². The van der Waals surface area contributed by atoms with Crippen LogP contribution in [0.1, 0.15) is 6.92 Å². The van der Waals surface area contributed by atoms with Gasteiger partial charge in [-0.3, -0.25) is 14.4 Å². The molecular formula is C8H16N2O4S. The van der Waals surface area contributed by atoms with E-state index in [9.17, 15) is 13.2 Å². The van der Waals surface area contributed by atoms with E-state index in [0.29, 0.717) is 26.3 Å². The molecule has 0 aliphatic carbocycles. The predicted molar refractivity (Wildman–Crippen MR) is 54.9 cm³/mol. The van der Waals surface area contributed by atoms with Crippen LogP contribution < -0.4 is 4.72 Å². The van der Waals surface area contributed by atoms with Crippen LogP contribution in [0.4, 0.5) is 0 Å². The molecule has 1 N–H and O–H groups in total. The van der Waals surface area contributed by atoms with Crippen molar-refractivity contribution >= 4 is 15.9 Å². The van der Waals surface area contributed by atoms with Gasteiger partial charge in [0.15, 0.2) is 0 Å². The summed E-state index contributed by atoms with van der Waals surface area (Å²) in [6.07, 6.45) is 0. The van der Waals surface area contributed by atoms with Crippen LogP contribution in [0.5, 0.6) is 0 Å². The molecule has 0 atom stereocenters. The fraction of sp³-hybridized carbons (Fsp3) is 0.875. The van der Waals surface area contributed by atoms with Crippen LogP contribution in [-0.4, -0.2) is 57.8 Å². The topological polar surface area (TPSA) is 75.7 Å². The number of nitrogens with one attached hydrogen (secondary N) is 1. The summed E-state index contributed by atoms with van der Waals surface area (Å²) < 4.78 is 29.3. The van der Waals surface area contributed by atoms with Crippen LogP contribution in [0.25, 0.3) is 0 Å². The highest BCUT2D eigenvalue weighted by molar-refractivity contribution is 7.90. The Hall–Kier alpha value is -0.660. The third kappa shape index (κ3) is 4.59. The molecule has 1 aliphatic heterocycles. The summed E-state index contributed by atoms with van der Waals surface area (Å²) in [5, 5.41) is 0. The molecule has 88 valence electrons. The number of sulfonamides is 1. The van der Waals surface area contributed by atoms with Gasteiger partial charge < -0.3 is 4.74 Å². The Balaban J connectivity index is 2.35. The van der Waals surface area contributed by atoms with Crippen LogP contribution >= 0.6 is 0 Å². The molecule has 0 aromatic rings. The van der Waals surface area contributed by atoms with Gasteiger partial charge in [0, 0.05) is 13.1 Å². The molecule has 0 spiro atoms. The highest BCUT2D eigenvalue weighted by atomic mass is 32.2. The van der Waals surface area contributed by atoms with Crippen LogP contribution in [0.15, 0.2) is 0 Å². The predicted octanol–water partition coefficient (Wildman–Crippen LogP) is -1.22. The summed E-state index contributed by atoms with van der Waals surface area (Å²) in [6.45, 7) is 4.12. The van der Waals surface area contributed by atoms with Crippen LogP contribution in [-0.2, 0) is 19.6 Å². The van der Waals surface area contributed by atoms with E-state index >= 15 is 0 Å². The van der Waals surface area contributed by atoms with Crippen molar-refractivity contribution in [2.45, 2.75) is 6.92 Å². The lowest BCUT2D eigenvalue weighted by Gasteiger charge is -2.25. The van der Waals surface area contributed by atoms with Gasteiger partial charge in [-0.1, -0.05) is 0 Å². The molecule has 7 heteroatoms. The third-order valence-electron chi connectivity index (χ3n) is 2.12. The number of amides is 1. The number of hydrogen-bond donors (Lipinski definition) is 1. The Kier molecular flexibility index (Phi) is 4.49. The molecule has 0 saturated carbocycles. The standard InChI is InChI=1S/C8H16N2O4S/c1-2-15(12,13)9-8(11)7-10-3-5-14-6-4-10/h2-7H2,1H3,(H,9,11). The molecule has 0 bridgehead atoms. The second-order valence-electron chi connectivity index (χ2n) is 3.32. The zero-order chi connectivity index (χ0) is 11.3. The lowest BCUT2D eigenvalue weighted by atomic mass is 10.4. The molecule has 0 aromatic carbocycles. The van der Waals surface area contributed by atoms with Crippen molar-refractivity contribution in [3.8, 4) is 0 Å². The molecule has 0 radical (unpaired) electrons. The van der Waals surface area contributed by atoms with Gasteiger partial charge in [0.2, 0.25) is 15.9 Å². The van der Waals surface area contributed by atoms with Gasteiger partial charge >= 0.3 is 0 Å². The van der Waals surface area contributed by atoms with Crippen molar-refractivity contribution in [2.24, 2.45) is 0 Å². The highest BCUT2D eigenvalue weighted by Crippen LogP contribution is 1.96. The lowest BCUT2D eigenvalue weighted by molar-refractivity contribution is -0.121. The van der Waals surface area contributed by atoms with Crippen LogP contribution in [0, 0.1) is 0 Å². The number of rotatable bonds is 4. The molecule has 0 aromatic heterocycles. The van der Waals surface area contributed by atoms with E-state index in [2.05, 4.69) is 0 Å². The fourth-order valence-electron chi connectivity index (χ4n) is 1.24. The van der Waals surface area contributed by atoms with Crippen LogP contribution in [0.2, 0.25) is 0 Å². The minimum Gasteiger partial charge on any atom is -0.379 e. The van der Waals surface area contributed by atoms with Crippen molar-refractivity contribution < 1.29 is 17.9 Å². The van der Waals surface area contributed by atoms with E-state index in [1.807, 2.05) is 9.62 Å². The van der Waals surface area contributed by atoms with Gasteiger partial charge in [-0.15, -0.1) is 0 Å². The zero-order valence-corrected chi connectivity index (χ0v) is 9.55. The Labute approximate surface area is 89.6 Å². The quantitative estimate of drug-likeness (QED) is 0.662. The van der Waals surface area contributed by atoms with Crippen molar-refractivity contribution in [1.29, 1.82) is 0 Å². The van der Waals surface area contributed by atoms with E-state index in [1.165, 1.54) is 6.92 Å². The first-order valence-corrected chi connectivity index (χ1v) is 6.52. The van der Waals surface area contributed by atoms with Crippen LogP contribution in [0.3, 0.4) is 0 Å². The summed E-state index contributed by atoms with van der Waals surface area (Å²) in [5.41, 5.74) is 0. The molecule has 0 unspecified atom stereocenters. The van der Waals surface area contributed by atoms with Gasteiger partial charge in [-0.2, -0.15) is 0 Å². The molecule has 1 aliphatic rings. The third-order valence-corrected chi connectivity index (χ3v) is 3.42. The minimum atomic E-state index is -3.43. The average molecular weight is 236 g/mol. The first-order valence-electron chi connectivity index (χ1n) is 4.87. The number of morpholine rings is 1. The average Bonchev–Trinajstić information content (AvgIpc) is 2.18. The molecule has 6 nitrogen and oxygen atoms in total. The summed E-state index contributed by atoms with van der Waals surface area (Å²) >= 11 is 0. The lowest BCUT2D eigenvalue weighted by Crippen LogP contribution is -2.44. The molecule has 1 heterocycles. The summed E-state index contributed by atoms with van der Waals surface area (Å²) in [5.74, 6) is -0.555. The number of ether oxygens (including phenoxy) is 1. The maximum Gasteiger partial charge on any atom is 0.247 e. The van der Waals surface area contributed by atoms with Gasteiger partial charge in [-0.25, -0.2) is 8.42 Å². The first kappa shape index (κ1) is 12.4. The Bertz CT molecular complexity index is 309. The molecule has 1 rings (SSSR count). The fourth-order valence-corrected chi connectivity index (χ4v) is 1.80. The van der Waals surface area contributed by atoms with Crippen molar-refractivity contribution in [1.82, 2.24) is 9.62 Å². The molecular weight excluding hydrogens is 220 g/mol. The summed E-state index contributed by atoms with van der Waals surface area (Å²) in [4.78, 5) is 13.2. The minimum absolute atomic E-state index is 0.0815. The van der Waals surface area contributed by atoms with E-state index in [0.717, 1.165) is 0 Å². The summed E-state index contributed by atoms with van der Waals surface area (Å²) in [6, 6.07) is 0. The normalized spacial score (nSPS) is 18.7. The van der Waals surface area contributed by atoms with Crippen molar-refractivity contribution in [2.75, 3.05) is 38.6 Å². The number of carbonyl (C=O) groups is 1. The molecule has 1 fully saturated rings. The number of nitrogens with zero attached hydrogens (tertiary/aromatic N) is 1. The molecule has 1 saturated heterocycles. The van der Waals surface area contributed by atoms with Gasteiger partial charge in [0.25, 0.3) is 0 Å². The van der Waals surface area contributed by atoms with E-state index in [4.69, 9.17) is 4.74 Å². The second kappa shape index (κ2) is 5.43. The number of carbonyl (C=O) groups excluding carboxylic acids is 1. The van der Waals surface area contributed by atoms with E-state index in [-0.39, 0.29) is 12.3 Å². The smallest absolute Gasteiger partial charge is 0.247 e. The van der Waals surface area contributed by atoms with Gasteiger partial charge in [-0.05, 0) is 6.92 Å². The molecule has 1 amide bonds. The Morgan fingerprint density at radius 3 is 2.53 bits per heavy atom. The monoisotopic (exact) mass is 236 g/mol. The van der Waals surface area contributed by atoms with E-state index in [1.54, 1.807) is 0 Å².